The summed E-state index contributed by atoms with van der Waals surface area (Å²) in [6, 6.07) is 1.14. The second-order valence-corrected chi connectivity index (χ2v) is 10.8. The molecule has 0 unspecified atom stereocenters. The maximum atomic E-state index is 10.7. The summed E-state index contributed by atoms with van der Waals surface area (Å²) in [5.74, 6) is 0.755. The minimum absolute atomic E-state index is 0.444. The topological polar surface area (TPSA) is 55.0 Å². The predicted octanol–water partition coefficient (Wildman–Crippen LogP) is 2.39. The van der Waals surface area contributed by atoms with Crippen LogP contribution in [0.1, 0.15) is 22.0 Å². The molecule has 0 aliphatic carbocycles. The van der Waals surface area contributed by atoms with Crippen molar-refractivity contribution >= 4 is 14.4 Å². The SMILES string of the molecule is Cc1nc(C=O)c(COCC[Si](C)(C)C)[nH]1. The summed E-state index contributed by atoms with van der Waals surface area (Å²) in [5.41, 5.74) is 1.24. The monoisotopic (exact) mass is 240 g/mol. The molecule has 0 aliphatic rings. The fraction of sp³-hybridized carbons (Fsp3) is 0.636. The molecule has 1 rings (SSSR count). The van der Waals surface area contributed by atoms with Gasteiger partial charge in [-0.15, -0.1) is 0 Å². The molecule has 0 saturated heterocycles. The Labute approximate surface area is 97.4 Å². The van der Waals surface area contributed by atoms with Gasteiger partial charge in [0.15, 0.2) is 6.29 Å². The molecule has 0 aromatic carbocycles. The van der Waals surface area contributed by atoms with E-state index in [4.69, 9.17) is 4.74 Å². The third kappa shape index (κ3) is 4.28. The van der Waals surface area contributed by atoms with E-state index in [9.17, 15) is 4.79 Å². The zero-order chi connectivity index (χ0) is 12.2. The number of nitrogens with one attached hydrogen (secondary N) is 1. The minimum Gasteiger partial charge on any atom is -0.375 e. The molecule has 4 nitrogen and oxygen atoms in total. The number of aldehydes is 1. The van der Waals surface area contributed by atoms with Gasteiger partial charge in [0.25, 0.3) is 0 Å². The zero-order valence-corrected chi connectivity index (χ0v) is 11.5. The third-order valence-electron chi connectivity index (χ3n) is 2.28. The number of H-pyrrole nitrogens is 1. The van der Waals surface area contributed by atoms with E-state index in [1.165, 1.54) is 0 Å². The van der Waals surface area contributed by atoms with Gasteiger partial charge in [-0.3, -0.25) is 4.79 Å². The summed E-state index contributed by atoms with van der Waals surface area (Å²) >= 11 is 0. The first-order chi connectivity index (χ1) is 7.42. The summed E-state index contributed by atoms with van der Waals surface area (Å²) in [6.07, 6.45) is 0.765. The molecule has 0 bridgehead atoms. The van der Waals surface area contributed by atoms with Crippen LogP contribution in [0.25, 0.3) is 0 Å². The highest BCUT2D eigenvalue weighted by Crippen LogP contribution is 2.10. The Morgan fingerprint density at radius 3 is 2.69 bits per heavy atom. The summed E-state index contributed by atoms with van der Waals surface area (Å²) in [5, 5.41) is 0. The van der Waals surface area contributed by atoms with Crippen molar-refractivity contribution in [3.8, 4) is 0 Å². The zero-order valence-electron chi connectivity index (χ0n) is 10.5. The number of hydrogen-bond donors (Lipinski definition) is 1. The summed E-state index contributed by atoms with van der Waals surface area (Å²) in [4.78, 5) is 17.8. The Balaban J connectivity index is 2.40. The number of rotatable bonds is 6. The van der Waals surface area contributed by atoms with Crippen molar-refractivity contribution in [2.24, 2.45) is 0 Å². The number of aryl methyl sites for hydroxylation is 1. The van der Waals surface area contributed by atoms with Crippen LogP contribution in [0.2, 0.25) is 25.7 Å². The van der Waals surface area contributed by atoms with Gasteiger partial charge in [0.05, 0.1) is 12.3 Å². The van der Waals surface area contributed by atoms with Crippen molar-refractivity contribution in [1.29, 1.82) is 0 Å². The van der Waals surface area contributed by atoms with Crippen LogP contribution in [0.15, 0.2) is 0 Å². The maximum absolute atomic E-state index is 10.7. The van der Waals surface area contributed by atoms with Gasteiger partial charge in [-0.25, -0.2) is 4.98 Å². The van der Waals surface area contributed by atoms with Gasteiger partial charge in [-0.05, 0) is 13.0 Å². The lowest BCUT2D eigenvalue weighted by atomic mass is 10.3. The van der Waals surface area contributed by atoms with Gasteiger partial charge in [0.2, 0.25) is 0 Å². The second-order valence-electron chi connectivity index (χ2n) is 5.17. The summed E-state index contributed by atoms with van der Waals surface area (Å²) in [6.45, 7) is 9.97. The molecule has 0 radical (unpaired) electrons. The number of ether oxygens (including phenoxy) is 1. The summed E-state index contributed by atoms with van der Waals surface area (Å²) < 4.78 is 5.56. The van der Waals surface area contributed by atoms with E-state index < -0.39 is 8.07 Å². The highest BCUT2D eigenvalue weighted by atomic mass is 28.3. The van der Waals surface area contributed by atoms with Crippen LogP contribution in [-0.2, 0) is 11.3 Å². The van der Waals surface area contributed by atoms with Crippen molar-refractivity contribution in [3.63, 3.8) is 0 Å². The van der Waals surface area contributed by atoms with Crippen LogP contribution >= 0.6 is 0 Å². The highest BCUT2D eigenvalue weighted by molar-refractivity contribution is 6.76. The standard InChI is InChI=1S/C11H20N2O2Si/c1-9-12-10(7-14)11(13-9)8-15-5-6-16(2,3)4/h7H,5-6,8H2,1-4H3,(H,12,13). The molecule has 0 spiro atoms. The van der Waals surface area contributed by atoms with Gasteiger partial charge in [-0.1, -0.05) is 19.6 Å². The fourth-order valence-electron chi connectivity index (χ4n) is 1.32. The Bertz CT molecular complexity index is 355. The lowest BCUT2D eigenvalue weighted by Gasteiger charge is -2.15. The van der Waals surface area contributed by atoms with E-state index in [0.717, 1.165) is 30.5 Å². The molecule has 5 heteroatoms. The smallest absolute Gasteiger partial charge is 0.170 e. The molecule has 1 heterocycles. The van der Waals surface area contributed by atoms with Crippen LogP contribution in [0.3, 0.4) is 0 Å². The highest BCUT2D eigenvalue weighted by Gasteiger charge is 2.13. The van der Waals surface area contributed by atoms with Crippen LogP contribution in [0.5, 0.6) is 0 Å². The van der Waals surface area contributed by atoms with Crippen molar-refractivity contribution in [1.82, 2.24) is 9.97 Å². The van der Waals surface area contributed by atoms with E-state index in [-0.39, 0.29) is 0 Å². The molecule has 16 heavy (non-hydrogen) atoms. The van der Waals surface area contributed by atoms with Gasteiger partial charge < -0.3 is 9.72 Å². The number of carbonyl (C=O) groups is 1. The molecule has 0 saturated carbocycles. The first-order valence-corrected chi connectivity index (χ1v) is 9.21. The van der Waals surface area contributed by atoms with Crippen molar-refractivity contribution in [2.45, 2.75) is 39.2 Å². The molecule has 90 valence electrons. The van der Waals surface area contributed by atoms with Crippen molar-refractivity contribution in [2.75, 3.05) is 6.61 Å². The molecule has 1 N–H and O–H groups in total. The van der Waals surface area contributed by atoms with Crippen LogP contribution in [-0.4, -0.2) is 30.9 Å². The largest absolute Gasteiger partial charge is 0.375 e. The molecule has 0 fully saturated rings. The molecular formula is C11H20N2O2Si. The minimum atomic E-state index is -1.03. The van der Waals surface area contributed by atoms with E-state index in [1.807, 2.05) is 6.92 Å². The number of carbonyl (C=O) groups excluding carboxylic acids is 1. The van der Waals surface area contributed by atoms with Gasteiger partial charge in [0, 0.05) is 14.7 Å². The van der Waals surface area contributed by atoms with Crippen molar-refractivity contribution in [3.05, 3.63) is 17.2 Å². The van der Waals surface area contributed by atoms with E-state index in [1.54, 1.807) is 0 Å². The predicted molar refractivity (Wildman–Crippen MR) is 66.5 cm³/mol. The van der Waals surface area contributed by atoms with Crippen LogP contribution in [0.4, 0.5) is 0 Å². The van der Waals surface area contributed by atoms with Gasteiger partial charge in [0.1, 0.15) is 11.5 Å². The van der Waals surface area contributed by atoms with Crippen LogP contribution in [0, 0.1) is 6.92 Å². The van der Waals surface area contributed by atoms with Crippen molar-refractivity contribution < 1.29 is 9.53 Å². The molecular weight excluding hydrogens is 220 g/mol. The number of nitrogens with zero attached hydrogens (tertiary/aromatic N) is 1. The fourth-order valence-corrected chi connectivity index (χ4v) is 2.08. The molecule has 0 aliphatic heterocycles. The quantitative estimate of drug-likeness (QED) is 0.472. The normalized spacial score (nSPS) is 11.8. The Kier molecular flexibility index (Phi) is 4.43. The average molecular weight is 240 g/mol. The molecule has 0 atom stereocenters. The third-order valence-corrected chi connectivity index (χ3v) is 3.99. The first-order valence-electron chi connectivity index (χ1n) is 5.51. The van der Waals surface area contributed by atoms with E-state index in [2.05, 4.69) is 29.6 Å². The Hall–Kier alpha value is -0.943. The number of imidazole rings is 1. The second kappa shape index (κ2) is 5.40. The molecule has 1 aromatic heterocycles. The van der Waals surface area contributed by atoms with E-state index in [0.29, 0.717) is 12.3 Å². The first kappa shape index (κ1) is 13.1. The number of hydrogen-bond acceptors (Lipinski definition) is 3. The number of aromatic amines is 1. The Morgan fingerprint density at radius 2 is 2.12 bits per heavy atom. The van der Waals surface area contributed by atoms with Gasteiger partial charge >= 0.3 is 0 Å². The Morgan fingerprint density at radius 1 is 1.44 bits per heavy atom. The molecule has 1 aromatic rings. The number of aromatic nitrogens is 2. The lowest BCUT2D eigenvalue weighted by molar-refractivity contribution is 0.110. The summed E-state index contributed by atoms with van der Waals surface area (Å²) in [7, 11) is -1.03. The van der Waals surface area contributed by atoms with E-state index >= 15 is 0 Å². The maximum Gasteiger partial charge on any atom is 0.170 e. The average Bonchev–Trinajstić information content (AvgIpc) is 2.52. The van der Waals surface area contributed by atoms with Crippen LogP contribution < -0.4 is 0 Å². The lowest BCUT2D eigenvalue weighted by Crippen LogP contribution is -2.21. The molecule has 0 amide bonds. The van der Waals surface area contributed by atoms with Gasteiger partial charge in [-0.2, -0.15) is 0 Å².